The van der Waals surface area contributed by atoms with Crippen molar-refractivity contribution in [1.82, 2.24) is 0 Å². The van der Waals surface area contributed by atoms with E-state index in [-0.39, 0.29) is 0 Å². The number of unbranched alkanes of at least 4 members (excludes halogenated alkanes) is 1. The van der Waals surface area contributed by atoms with E-state index in [1.165, 1.54) is 38.5 Å². The van der Waals surface area contributed by atoms with Gasteiger partial charge in [0.2, 0.25) is 0 Å². The highest BCUT2D eigenvalue weighted by atomic mass is 32.1. The molecular formula is C10H13BO2S2. The van der Waals surface area contributed by atoms with Crippen molar-refractivity contribution in [1.29, 1.82) is 0 Å². The first-order chi connectivity index (χ1) is 7.20. The lowest BCUT2D eigenvalue weighted by atomic mass is 9.90. The number of aryl methyl sites for hydroxylation is 1. The number of hydrogen-bond acceptors (Lipinski definition) is 4. The van der Waals surface area contributed by atoms with Crippen LogP contribution >= 0.6 is 22.7 Å². The van der Waals surface area contributed by atoms with Gasteiger partial charge in [0.25, 0.3) is 0 Å². The minimum atomic E-state index is -1.33. The molecule has 0 aliphatic rings. The van der Waals surface area contributed by atoms with Gasteiger partial charge in [-0.3, -0.25) is 0 Å². The summed E-state index contributed by atoms with van der Waals surface area (Å²) in [7, 11) is -1.33. The Hall–Kier alpha value is -0.355. The Balaban J connectivity index is 2.22. The van der Waals surface area contributed by atoms with Gasteiger partial charge in [-0.1, -0.05) is 13.3 Å². The highest BCUT2D eigenvalue weighted by Crippen LogP contribution is 2.29. The number of hydrogen-bond donors (Lipinski definition) is 2. The maximum atomic E-state index is 9.02. The van der Waals surface area contributed by atoms with E-state index in [0.717, 1.165) is 6.42 Å². The first kappa shape index (κ1) is 11.1. The van der Waals surface area contributed by atoms with Gasteiger partial charge in [-0.25, -0.2) is 0 Å². The number of rotatable bonds is 4. The van der Waals surface area contributed by atoms with Crippen LogP contribution in [-0.2, 0) is 6.42 Å². The third kappa shape index (κ3) is 2.42. The summed E-state index contributed by atoms with van der Waals surface area (Å²) in [5.74, 6) is 0. The van der Waals surface area contributed by atoms with Crippen molar-refractivity contribution < 1.29 is 10.0 Å². The Kier molecular flexibility index (Phi) is 3.46. The lowest BCUT2D eigenvalue weighted by molar-refractivity contribution is 0.427. The summed E-state index contributed by atoms with van der Waals surface area (Å²) >= 11 is 3.23. The molecule has 0 aromatic carbocycles. The lowest BCUT2D eigenvalue weighted by Crippen LogP contribution is -2.26. The Morgan fingerprint density at radius 2 is 1.93 bits per heavy atom. The molecule has 0 amide bonds. The van der Waals surface area contributed by atoms with Gasteiger partial charge in [0.05, 0.1) is 0 Å². The summed E-state index contributed by atoms with van der Waals surface area (Å²) < 4.78 is 2.99. The molecule has 5 heteroatoms. The highest BCUT2D eigenvalue weighted by Gasteiger charge is 2.15. The summed E-state index contributed by atoms with van der Waals surface area (Å²) in [5.41, 5.74) is 0. The fraction of sp³-hybridized carbons (Fsp3) is 0.400. The van der Waals surface area contributed by atoms with Gasteiger partial charge in [0, 0.05) is 19.1 Å². The van der Waals surface area contributed by atoms with Gasteiger partial charge in [0.15, 0.2) is 0 Å². The SMILES string of the molecule is CCCCc1cc2sc(B(O)O)cc2s1. The van der Waals surface area contributed by atoms with E-state index in [1.807, 2.05) is 6.07 Å². The van der Waals surface area contributed by atoms with Crippen molar-refractivity contribution >= 4 is 44.0 Å². The summed E-state index contributed by atoms with van der Waals surface area (Å²) in [6, 6.07) is 4.05. The summed E-state index contributed by atoms with van der Waals surface area (Å²) in [4.78, 5) is 1.40. The molecule has 2 rings (SSSR count). The quantitative estimate of drug-likeness (QED) is 0.802. The van der Waals surface area contributed by atoms with E-state index in [9.17, 15) is 0 Å². The Labute approximate surface area is 97.3 Å². The molecule has 2 heterocycles. The van der Waals surface area contributed by atoms with E-state index in [1.54, 1.807) is 11.3 Å². The number of fused-ring (bicyclic) bond motifs is 1. The van der Waals surface area contributed by atoms with Crippen molar-refractivity contribution in [3.63, 3.8) is 0 Å². The smallest absolute Gasteiger partial charge is 0.423 e. The zero-order chi connectivity index (χ0) is 10.8. The molecule has 80 valence electrons. The van der Waals surface area contributed by atoms with Crippen molar-refractivity contribution in [3.05, 3.63) is 17.0 Å². The van der Waals surface area contributed by atoms with E-state index in [2.05, 4.69) is 13.0 Å². The monoisotopic (exact) mass is 240 g/mol. The average Bonchev–Trinajstić information content (AvgIpc) is 2.71. The molecule has 0 spiro atoms. The van der Waals surface area contributed by atoms with E-state index < -0.39 is 7.12 Å². The largest absolute Gasteiger partial charge is 0.499 e. The van der Waals surface area contributed by atoms with Crippen LogP contribution in [0.25, 0.3) is 9.40 Å². The Morgan fingerprint density at radius 3 is 2.53 bits per heavy atom. The maximum absolute atomic E-state index is 9.02. The van der Waals surface area contributed by atoms with E-state index in [4.69, 9.17) is 10.0 Å². The molecule has 0 bridgehead atoms. The van der Waals surface area contributed by atoms with Crippen LogP contribution in [0, 0.1) is 0 Å². The molecule has 0 saturated heterocycles. The van der Waals surface area contributed by atoms with Crippen molar-refractivity contribution in [2.24, 2.45) is 0 Å². The molecule has 0 fully saturated rings. The van der Waals surface area contributed by atoms with Crippen LogP contribution in [0.3, 0.4) is 0 Å². The van der Waals surface area contributed by atoms with Crippen LogP contribution < -0.4 is 4.78 Å². The topological polar surface area (TPSA) is 40.5 Å². The third-order valence-corrected chi connectivity index (χ3v) is 4.70. The van der Waals surface area contributed by atoms with E-state index >= 15 is 0 Å². The standard InChI is InChI=1S/C10H13BO2S2/c1-2-3-4-7-5-8-9(14-7)6-10(15-8)11(12)13/h5-6,12-13H,2-4H2,1H3. The lowest BCUT2D eigenvalue weighted by Gasteiger charge is -1.92. The second kappa shape index (κ2) is 4.66. The molecule has 0 radical (unpaired) electrons. The summed E-state index contributed by atoms with van der Waals surface area (Å²) in [6.45, 7) is 2.19. The van der Waals surface area contributed by atoms with Crippen LogP contribution in [0.2, 0.25) is 0 Å². The van der Waals surface area contributed by atoms with Crippen LogP contribution in [0.15, 0.2) is 12.1 Å². The predicted molar refractivity (Wildman–Crippen MR) is 68.1 cm³/mol. The van der Waals surface area contributed by atoms with Gasteiger partial charge < -0.3 is 10.0 Å². The second-order valence-corrected chi connectivity index (χ2v) is 5.85. The fourth-order valence-electron chi connectivity index (χ4n) is 1.51. The molecule has 2 nitrogen and oxygen atoms in total. The molecule has 15 heavy (non-hydrogen) atoms. The van der Waals surface area contributed by atoms with Gasteiger partial charge >= 0.3 is 7.12 Å². The third-order valence-electron chi connectivity index (χ3n) is 2.31. The summed E-state index contributed by atoms with van der Waals surface area (Å²) in [6.07, 6.45) is 3.58. The van der Waals surface area contributed by atoms with Gasteiger partial charge in [0.1, 0.15) is 0 Å². The molecule has 2 aromatic heterocycles. The highest BCUT2D eigenvalue weighted by molar-refractivity contribution is 7.33. The van der Waals surface area contributed by atoms with Crippen LogP contribution in [0.5, 0.6) is 0 Å². The van der Waals surface area contributed by atoms with Crippen LogP contribution in [0.1, 0.15) is 24.6 Å². The first-order valence-corrected chi connectivity index (χ1v) is 6.72. The average molecular weight is 240 g/mol. The zero-order valence-corrected chi connectivity index (χ0v) is 10.2. The molecular weight excluding hydrogens is 227 g/mol. The molecule has 2 N–H and O–H groups in total. The van der Waals surface area contributed by atoms with Crippen molar-refractivity contribution in [2.45, 2.75) is 26.2 Å². The molecule has 0 unspecified atom stereocenters. The van der Waals surface area contributed by atoms with Gasteiger partial charge in [-0.05, 0) is 25.0 Å². The van der Waals surface area contributed by atoms with Crippen LogP contribution in [-0.4, -0.2) is 17.2 Å². The normalized spacial score (nSPS) is 11.1. The fourth-order valence-corrected chi connectivity index (χ4v) is 3.85. The zero-order valence-electron chi connectivity index (χ0n) is 8.56. The molecule has 0 aliphatic carbocycles. The maximum Gasteiger partial charge on any atom is 0.499 e. The molecule has 0 saturated carbocycles. The van der Waals surface area contributed by atoms with Crippen LogP contribution in [0.4, 0.5) is 0 Å². The number of thiophene rings is 2. The Morgan fingerprint density at radius 1 is 1.20 bits per heavy atom. The minimum absolute atomic E-state index is 0.637. The minimum Gasteiger partial charge on any atom is -0.423 e. The molecule has 0 aliphatic heterocycles. The second-order valence-electron chi connectivity index (χ2n) is 3.57. The molecule has 2 aromatic rings. The van der Waals surface area contributed by atoms with E-state index in [0.29, 0.717) is 4.78 Å². The van der Waals surface area contributed by atoms with Gasteiger partial charge in [-0.2, -0.15) is 0 Å². The molecule has 0 atom stereocenters. The predicted octanol–water partition coefficient (Wildman–Crippen LogP) is 1.99. The Bertz CT molecular complexity index is 416. The van der Waals surface area contributed by atoms with Crippen molar-refractivity contribution in [3.8, 4) is 0 Å². The summed E-state index contributed by atoms with van der Waals surface area (Å²) in [5, 5.41) is 18.0. The van der Waals surface area contributed by atoms with Gasteiger partial charge in [-0.15, -0.1) is 22.7 Å². The van der Waals surface area contributed by atoms with Crippen molar-refractivity contribution in [2.75, 3.05) is 0 Å². The first-order valence-electron chi connectivity index (χ1n) is 5.09.